The SMILES string of the molecule is COc1ccc(C2=NN(C(=O)CN(C)C(=O)NC(C)(C)C)[C@H](c3ccc(Cl)cc3)C2)cc1. The third-order valence-corrected chi connectivity index (χ3v) is 5.30. The number of nitrogens with one attached hydrogen (secondary N) is 1. The van der Waals surface area contributed by atoms with Gasteiger partial charge in [-0.15, -0.1) is 0 Å². The molecule has 2 aromatic rings. The smallest absolute Gasteiger partial charge is 0.318 e. The second-order valence-corrected chi connectivity index (χ2v) is 9.26. The zero-order valence-electron chi connectivity index (χ0n) is 19.1. The molecule has 1 atom stereocenters. The molecule has 3 amide bonds. The highest BCUT2D eigenvalue weighted by Gasteiger charge is 2.34. The van der Waals surface area contributed by atoms with Gasteiger partial charge in [-0.05, 0) is 68.3 Å². The average molecular weight is 457 g/mol. The number of halogens is 1. The number of nitrogens with zero attached hydrogens (tertiary/aromatic N) is 3. The quantitative estimate of drug-likeness (QED) is 0.721. The molecule has 8 heteroatoms. The molecule has 0 aromatic heterocycles. The summed E-state index contributed by atoms with van der Waals surface area (Å²) in [6.45, 7) is 5.58. The van der Waals surface area contributed by atoms with Gasteiger partial charge in [-0.3, -0.25) is 4.79 Å². The second-order valence-electron chi connectivity index (χ2n) is 8.82. The van der Waals surface area contributed by atoms with Crippen LogP contribution in [0.1, 0.15) is 44.4 Å². The maximum absolute atomic E-state index is 13.2. The molecule has 1 aliphatic rings. The van der Waals surface area contributed by atoms with Crippen LogP contribution in [0.3, 0.4) is 0 Å². The van der Waals surface area contributed by atoms with Crippen molar-refractivity contribution >= 4 is 29.3 Å². The molecule has 0 aliphatic carbocycles. The van der Waals surface area contributed by atoms with E-state index in [0.29, 0.717) is 11.4 Å². The van der Waals surface area contributed by atoms with E-state index in [9.17, 15) is 9.59 Å². The summed E-state index contributed by atoms with van der Waals surface area (Å²) < 4.78 is 5.23. The number of hydrogen-bond donors (Lipinski definition) is 1. The van der Waals surface area contributed by atoms with Crippen LogP contribution in [0.5, 0.6) is 5.75 Å². The van der Waals surface area contributed by atoms with Crippen LogP contribution in [0.25, 0.3) is 0 Å². The zero-order valence-corrected chi connectivity index (χ0v) is 19.8. The molecule has 1 heterocycles. The lowest BCUT2D eigenvalue weighted by Crippen LogP contribution is -2.49. The number of carbonyl (C=O) groups excluding carboxylic acids is 2. The number of carbonyl (C=O) groups is 2. The summed E-state index contributed by atoms with van der Waals surface area (Å²) in [7, 11) is 3.21. The van der Waals surface area contributed by atoms with E-state index in [1.54, 1.807) is 26.3 Å². The molecule has 0 unspecified atom stereocenters. The summed E-state index contributed by atoms with van der Waals surface area (Å²) in [6.07, 6.45) is 0.553. The van der Waals surface area contributed by atoms with Crippen molar-refractivity contribution < 1.29 is 14.3 Å². The molecule has 0 saturated carbocycles. The first-order valence-electron chi connectivity index (χ1n) is 10.4. The molecule has 2 aromatic carbocycles. The molecule has 0 radical (unpaired) electrons. The Balaban J connectivity index is 1.84. The molecule has 0 bridgehead atoms. The number of hydrazone groups is 1. The minimum Gasteiger partial charge on any atom is -0.497 e. The van der Waals surface area contributed by atoms with Crippen LogP contribution in [0.4, 0.5) is 4.79 Å². The van der Waals surface area contributed by atoms with E-state index in [2.05, 4.69) is 10.4 Å². The Kier molecular flexibility index (Phi) is 7.09. The topological polar surface area (TPSA) is 74.2 Å². The molecule has 0 spiro atoms. The van der Waals surface area contributed by atoms with Crippen LogP contribution in [0.15, 0.2) is 53.6 Å². The van der Waals surface area contributed by atoms with Gasteiger partial charge in [0.15, 0.2) is 0 Å². The molecule has 3 rings (SSSR count). The Bertz CT molecular complexity index is 997. The minimum atomic E-state index is -0.395. The molecule has 7 nitrogen and oxygen atoms in total. The number of urea groups is 1. The van der Waals surface area contributed by atoms with Gasteiger partial charge in [0.25, 0.3) is 5.91 Å². The van der Waals surface area contributed by atoms with Gasteiger partial charge < -0.3 is 15.0 Å². The Morgan fingerprint density at radius 3 is 2.34 bits per heavy atom. The van der Waals surface area contributed by atoms with Crippen molar-refractivity contribution in [1.29, 1.82) is 0 Å². The van der Waals surface area contributed by atoms with Gasteiger partial charge in [0, 0.05) is 24.0 Å². The maximum atomic E-state index is 13.2. The first kappa shape index (κ1) is 23.6. The van der Waals surface area contributed by atoms with Gasteiger partial charge in [0.05, 0.1) is 18.9 Å². The van der Waals surface area contributed by atoms with Crippen LogP contribution in [0.2, 0.25) is 5.02 Å². The average Bonchev–Trinajstić information content (AvgIpc) is 3.18. The summed E-state index contributed by atoms with van der Waals surface area (Å²) in [5, 5.41) is 9.61. The van der Waals surface area contributed by atoms with E-state index < -0.39 is 5.54 Å². The largest absolute Gasteiger partial charge is 0.497 e. The predicted molar refractivity (Wildman–Crippen MR) is 126 cm³/mol. The number of likely N-dealkylation sites (N-methyl/N-ethyl adjacent to an activating group) is 1. The van der Waals surface area contributed by atoms with Crippen molar-refractivity contribution in [3.8, 4) is 5.75 Å². The first-order chi connectivity index (χ1) is 15.1. The van der Waals surface area contributed by atoms with Crippen molar-refractivity contribution in [2.75, 3.05) is 20.7 Å². The van der Waals surface area contributed by atoms with Crippen LogP contribution >= 0.6 is 11.6 Å². The summed E-state index contributed by atoms with van der Waals surface area (Å²) in [6, 6.07) is 14.4. The minimum absolute atomic E-state index is 0.0919. The van der Waals surface area contributed by atoms with E-state index >= 15 is 0 Å². The number of hydrogen-bond acceptors (Lipinski definition) is 4. The van der Waals surface area contributed by atoms with E-state index in [0.717, 1.165) is 22.6 Å². The molecule has 32 heavy (non-hydrogen) atoms. The zero-order chi connectivity index (χ0) is 23.5. The Labute approximate surface area is 194 Å². The normalized spacial score (nSPS) is 15.9. The van der Waals surface area contributed by atoms with E-state index in [1.165, 1.54) is 9.91 Å². The Hall–Kier alpha value is -3.06. The van der Waals surface area contributed by atoms with Gasteiger partial charge >= 0.3 is 6.03 Å². The Morgan fingerprint density at radius 2 is 1.78 bits per heavy atom. The van der Waals surface area contributed by atoms with Gasteiger partial charge in [0.1, 0.15) is 12.3 Å². The van der Waals surface area contributed by atoms with Gasteiger partial charge in [-0.25, -0.2) is 9.80 Å². The number of ether oxygens (including phenoxy) is 1. The Morgan fingerprint density at radius 1 is 1.16 bits per heavy atom. The summed E-state index contributed by atoms with van der Waals surface area (Å²) in [4.78, 5) is 27.0. The lowest BCUT2D eigenvalue weighted by molar-refractivity contribution is -0.133. The fraction of sp³-hybridized carbons (Fsp3) is 0.375. The highest BCUT2D eigenvalue weighted by molar-refractivity contribution is 6.30. The van der Waals surface area contributed by atoms with Crippen LogP contribution in [-0.2, 0) is 4.79 Å². The van der Waals surface area contributed by atoms with Crippen molar-refractivity contribution in [2.24, 2.45) is 5.10 Å². The number of amides is 3. The van der Waals surface area contributed by atoms with Crippen molar-refractivity contribution in [1.82, 2.24) is 15.2 Å². The molecule has 0 saturated heterocycles. The standard InChI is InChI=1S/C24H29ClN4O3/c1-24(2,3)26-23(31)28(4)15-22(30)29-21(17-6-10-18(25)11-7-17)14-20(27-29)16-8-12-19(32-5)13-9-16/h6-13,21H,14-15H2,1-5H3,(H,26,31)/t21-/m0/s1. The summed E-state index contributed by atoms with van der Waals surface area (Å²) >= 11 is 6.05. The van der Waals surface area contributed by atoms with Crippen LogP contribution in [0, 0.1) is 0 Å². The molecular weight excluding hydrogens is 428 g/mol. The monoisotopic (exact) mass is 456 g/mol. The highest BCUT2D eigenvalue weighted by atomic mass is 35.5. The third-order valence-electron chi connectivity index (χ3n) is 5.04. The first-order valence-corrected chi connectivity index (χ1v) is 10.8. The number of methoxy groups -OCH3 is 1. The lowest BCUT2D eigenvalue weighted by Gasteiger charge is -2.27. The maximum Gasteiger partial charge on any atom is 0.318 e. The lowest BCUT2D eigenvalue weighted by atomic mass is 9.98. The molecular formula is C24H29ClN4O3. The van der Waals surface area contributed by atoms with Crippen molar-refractivity contribution in [2.45, 2.75) is 38.8 Å². The van der Waals surface area contributed by atoms with Crippen LogP contribution in [-0.4, -0.2) is 53.8 Å². The van der Waals surface area contributed by atoms with Gasteiger partial charge in [-0.2, -0.15) is 5.10 Å². The summed E-state index contributed by atoms with van der Waals surface area (Å²) in [5.41, 5.74) is 2.24. The predicted octanol–water partition coefficient (Wildman–Crippen LogP) is 4.47. The molecule has 1 N–H and O–H groups in total. The molecule has 170 valence electrons. The van der Waals surface area contributed by atoms with Crippen molar-refractivity contribution in [3.05, 3.63) is 64.7 Å². The second kappa shape index (κ2) is 9.61. The summed E-state index contributed by atoms with van der Waals surface area (Å²) in [5.74, 6) is 0.487. The van der Waals surface area contributed by atoms with Gasteiger partial charge in [-0.1, -0.05) is 23.7 Å². The van der Waals surface area contributed by atoms with Crippen molar-refractivity contribution in [3.63, 3.8) is 0 Å². The van der Waals surface area contributed by atoms with E-state index in [-0.39, 0.29) is 24.5 Å². The number of benzene rings is 2. The van der Waals surface area contributed by atoms with Gasteiger partial charge in [0.2, 0.25) is 0 Å². The molecule has 0 fully saturated rings. The van der Waals surface area contributed by atoms with E-state index in [1.807, 2.05) is 57.2 Å². The fourth-order valence-corrected chi connectivity index (χ4v) is 3.53. The van der Waals surface area contributed by atoms with Crippen LogP contribution < -0.4 is 10.1 Å². The highest BCUT2D eigenvalue weighted by Crippen LogP contribution is 2.33. The van der Waals surface area contributed by atoms with E-state index in [4.69, 9.17) is 16.3 Å². The fourth-order valence-electron chi connectivity index (χ4n) is 3.41. The third kappa shape index (κ3) is 5.79. The molecule has 1 aliphatic heterocycles. The number of rotatable bonds is 5.